The molecule has 0 radical (unpaired) electrons. The van der Waals surface area contributed by atoms with E-state index >= 15 is 0 Å². The molecule has 2 aromatic heterocycles. The first kappa shape index (κ1) is 19.6. The molecule has 1 amide bonds. The van der Waals surface area contributed by atoms with Gasteiger partial charge in [0, 0.05) is 37.2 Å². The average molecular weight is 404 g/mol. The smallest absolute Gasteiger partial charge is 0.289 e. The minimum atomic E-state index is -0.316. The summed E-state index contributed by atoms with van der Waals surface area (Å²) in [5.74, 6) is 1.05. The fourth-order valence-corrected chi connectivity index (χ4v) is 3.18. The zero-order valence-corrected chi connectivity index (χ0v) is 16.5. The maximum absolute atomic E-state index is 13.1. The Morgan fingerprint density at radius 3 is 2.53 bits per heavy atom. The molecule has 2 heterocycles. The molecule has 4 aromatic rings. The first-order valence-corrected chi connectivity index (χ1v) is 9.72. The lowest BCUT2D eigenvalue weighted by atomic mass is 10.1. The van der Waals surface area contributed by atoms with Gasteiger partial charge in [-0.3, -0.25) is 4.79 Å². The van der Waals surface area contributed by atoms with E-state index in [0.717, 1.165) is 29.0 Å². The largest absolute Gasteiger partial charge is 0.451 e. The van der Waals surface area contributed by atoms with Gasteiger partial charge in [-0.2, -0.15) is 0 Å². The fraction of sp³-hybridized carbons (Fsp3) is 0.167. The van der Waals surface area contributed by atoms with Gasteiger partial charge in [0.05, 0.1) is 0 Å². The molecule has 0 atom stereocenters. The molecule has 0 aliphatic rings. The highest BCUT2D eigenvalue weighted by Crippen LogP contribution is 2.23. The van der Waals surface area contributed by atoms with Gasteiger partial charge in [0.25, 0.3) is 5.91 Å². The third-order valence-corrected chi connectivity index (χ3v) is 4.84. The lowest BCUT2D eigenvalue weighted by molar-refractivity contribution is 0.0762. The van der Waals surface area contributed by atoms with Crippen LogP contribution in [0.25, 0.3) is 22.6 Å². The Kier molecular flexibility index (Phi) is 5.75. The Balaban J connectivity index is 1.31. The molecule has 152 valence electrons. The molecule has 0 fully saturated rings. The highest BCUT2D eigenvalue weighted by molar-refractivity contribution is 5.91. The van der Waals surface area contributed by atoms with Crippen molar-refractivity contribution in [2.75, 3.05) is 13.6 Å². The molecule has 4 rings (SSSR count). The number of halogens is 1. The van der Waals surface area contributed by atoms with Crippen LogP contribution in [-0.2, 0) is 6.42 Å². The zero-order valence-electron chi connectivity index (χ0n) is 16.5. The second-order valence-electron chi connectivity index (χ2n) is 7.05. The number of hydrogen-bond acceptors (Lipinski definition) is 4. The second kappa shape index (κ2) is 8.78. The molecule has 0 bridgehead atoms. The van der Waals surface area contributed by atoms with Gasteiger partial charge in [-0.25, -0.2) is 4.39 Å². The standard InChI is InChI=1S/C24H21FN2O3/c1-27(15-5-8-20-16-21(26-30-20)17-6-3-2-4-7-17)24(28)23-14-13-22(29-23)18-9-11-19(25)12-10-18/h2-4,6-7,9-14,16H,5,8,15H2,1H3. The highest BCUT2D eigenvalue weighted by Gasteiger charge is 2.17. The van der Waals surface area contributed by atoms with E-state index in [1.165, 1.54) is 12.1 Å². The van der Waals surface area contributed by atoms with E-state index in [0.29, 0.717) is 18.7 Å². The molecule has 0 saturated heterocycles. The van der Waals surface area contributed by atoms with E-state index in [2.05, 4.69) is 5.16 Å². The lowest BCUT2D eigenvalue weighted by Crippen LogP contribution is -2.27. The third kappa shape index (κ3) is 4.49. The van der Waals surface area contributed by atoms with Crippen LogP contribution in [0.3, 0.4) is 0 Å². The fourth-order valence-electron chi connectivity index (χ4n) is 3.18. The summed E-state index contributed by atoms with van der Waals surface area (Å²) in [7, 11) is 1.73. The van der Waals surface area contributed by atoms with Crippen LogP contribution in [0.5, 0.6) is 0 Å². The molecule has 6 heteroatoms. The van der Waals surface area contributed by atoms with Crippen molar-refractivity contribution in [3.63, 3.8) is 0 Å². The van der Waals surface area contributed by atoms with E-state index in [1.54, 1.807) is 36.2 Å². The average Bonchev–Trinajstić information content (AvgIpc) is 3.44. The van der Waals surface area contributed by atoms with Gasteiger partial charge in [-0.15, -0.1) is 0 Å². The maximum Gasteiger partial charge on any atom is 0.289 e. The molecule has 0 aliphatic carbocycles. The highest BCUT2D eigenvalue weighted by atomic mass is 19.1. The summed E-state index contributed by atoms with van der Waals surface area (Å²) in [6.07, 6.45) is 1.41. The monoisotopic (exact) mass is 404 g/mol. The molecule has 5 nitrogen and oxygen atoms in total. The van der Waals surface area contributed by atoms with Crippen molar-refractivity contribution in [1.29, 1.82) is 0 Å². The summed E-state index contributed by atoms with van der Waals surface area (Å²) in [5, 5.41) is 4.11. The Bertz CT molecular complexity index is 1120. The van der Waals surface area contributed by atoms with E-state index in [-0.39, 0.29) is 17.5 Å². The van der Waals surface area contributed by atoms with Crippen LogP contribution in [0.15, 0.2) is 81.7 Å². The van der Waals surface area contributed by atoms with Crippen molar-refractivity contribution in [2.24, 2.45) is 0 Å². The Hall–Kier alpha value is -3.67. The lowest BCUT2D eigenvalue weighted by Gasteiger charge is -2.15. The molecule has 2 aromatic carbocycles. The Morgan fingerprint density at radius 1 is 1.00 bits per heavy atom. The summed E-state index contributed by atoms with van der Waals surface area (Å²) in [6.45, 7) is 0.548. The summed E-state index contributed by atoms with van der Waals surface area (Å²) in [6, 6.07) is 21.1. The predicted molar refractivity (Wildman–Crippen MR) is 111 cm³/mol. The first-order valence-electron chi connectivity index (χ1n) is 9.72. The van der Waals surface area contributed by atoms with Gasteiger partial charge in [0.2, 0.25) is 0 Å². The van der Waals surface area contributed by atoms with Crippen LogP contribution in [-0.4, -0.2) is 29.6 Å². The van der Waals surface area contributed by atoms with Crippen molar-refractivity contribution < 1.29 is 18.1 Å². The number of carbonyl (C=O) groups excluding carboxylic acids is 1. The molecule has 30 heavy (non-hydrogen) atoms. The van der Waals surface area contributed by atoms with Crippen LogP contribution in [0, 0.1) is 5.82 Å². The summed E-state index contributed by atoms with van der Waals surface area (Å²) >= 11 is 0. The molecule has 0 unspecified atom stereocenters. The summed E-state index contributed by atoms with van der Waals surface area (Å²) < 4.78 is 24.1. The number of aryl methyl sites for hydroxylation is 1. The molecular formula is C24H21FN2O3. The number of hydrogen-bond donors (Lipinski definition) is 0. The minimum absolute atomic E-state index is 0.203. The maximum atomic E-state index is 13.1. The van der Waals surface area contributed by atoms with Crippen LogP contribution < -0.4 is 0 Å². The Morgan fingerprint density at radius 2 is 1.77 bits per heavy atom. The van der Waals surface area contributed by atoms with Gasteiger partial charge in [-0.1, -0.05) is 35.5 Å². The first-order chi connectivity index (χ1) is 14.6. The number of rotatable bonds is 7. The topological polar surface area (TPSA) is 59.5 Å². The van der Waals surface area contributed by atoms with E-state index in [1.807, 2.05) is 36.4 Å². The zero-order chi connectivity index (χ0) is 20.9. The number of aromatic nitrogens is 1. The third-order valence-electron chi connectivity index (χ3n) is 4.84. The molecule has 0 aliphatic heterocycles. The number of amides is 1. The number of benzene rings is 2. The second-order valence-corrected chi connectivity index (χ2v) is 7.05. The van der Waals surface area contributed by atoms with Crippen molar-refractivity contribution in [2.45, 2.75) is 12.8 Å². The van der Waals surface area contributed by atoms with E-state index in [4.69, 9.17) is 8.94 Å². The molecule has 0 N–H and O–H groups in total. The van der Waals surface area contributed by atoms with Gasteiger partial charge >= 0.3 is 0 Å². The minimum Gasteiger partial charge on any atom is -0.451 e. The quantitative estimate of drug-likeness (QED) is 0.411. The van der Waals surface area contributed by atoms with Gasteiger partial charge < -0.3 is 13.8 Å². The van der Waals surface area contributed by atoms with Crippen molar-refractivity contribution >= 4 is 5.91 Å². The molecular weight excluding hydrogens is 383 g/mol. The number of carbonyl (C=O) groups is 1. The van der Waals surface area contributed by atoms with Gasteiger partial charge in [0.1, 0.15) is 23.0 Å². The normalized spacial score (nSPS) is 10.9. The van der Waals surface area contributed by atoms with Crippen LogP contribution >= 0.6 is 0 Å². The van der Waals surface area contributed by atoms with Gasteiger partial charge in [0.15, 0.2) is 5.76 Å². The summed E-state index contributed by atoms with van der Waals surface area (Å²) in [4.78, 5) is 14.2. The van der Waals surface area contributed by atoms with E-state index < -0.39 is 0 Å². The van der Waals surface area contributed by atoms with Crippen molar-refractivity contribution in [1.82, 2.24) is 10.1 Å². The van der Waals surface area contributed by atoms with Gasteiger partial charge in [-0.05, 0) is 42.8 Å². The SMILES string of the molecule is CN(CCCc1cc(-c2ccccc2)no1)C(=O)c1ccc(-c2ccc(F)cc2)o1. The van der Waals surface area contributed by atoms with Crippen molar-refractivity contribution in [3.05, 3.63) is 90.1 Å². The van der Waals surface area contributed by atoms with E-state index in [9.17, 15) is 9.18 Å². The Labute approximate surface area is 173 Å². The molecule has 0 saturated carbocycles. The summed E-state index contributed by atoms with van der Waals surface area (Å²) in [5.41, 5.74) is 2.53. The molecule has 0 spiro atoms. The van der Waals surface area contributed by atoms with Crippen LogP contribution in [0.1, 0.15) is 22.7 Å². The van der Waals surface area contributed by atoms with Crippen LogP contribution in [0.4, 0.5) is 4.39 Å². The number of nitrogens with zero attached hydrogens (tertiary/aromatic N) is 2. The van der Waals surface area contributed by atoms with Crippen LogP contribution in [0.2, 0.25) is 0 Å². The predicted octanol–water partition coefficient (Wildman–Crippen LogP) is 5.45. The number of furan rings is 1. The van der Waals surface area contributed by atoms with Crippen molar-refractivity contribution in [3.8, 4) is 22.6 Å².